The van der Waals surface area contributed by atoms with Crippen molar-refractivity contribution >= 4 is 5.78 Å². The van der Waals surface area contributed by atoms with Crippen LogP contribution in [0.4, 0.5) is 0 Å². The van der Waals surface area contributed by atoms with Crippen molar-refractivity contribution in [2.75, 3.05) is 19.7 Å². The van der Waals surface area contributed by atoms with E-state index in [-0.39, 0.29) is 11.9 Å². The molecule has 1 aromatic heterocycles. The van der Waals surface area contributed by atoms with E-state index in [4.69, 9.17) is 9.15 Å². The van der Waals surface area contributed by atoms with Gasteiger partial charge in [0, 0.05) is 13.1 Å². The fraction of sp³-hybridized carbons (Fsp3) is 0.444. The monoisotopic (exact) mass is 181 g/mol. The van der Waals surface area contributed by atoms with E-state index in [0.717, 1.165) is 6.54 Å². The molecule has 1 N–H and O–H groups in total. The van der Waals surface area contributed by atoms with Crippen molar-refractivity contribution in [3.63, 3.8) is 0 Å². The second-order valence-corrected chi connectivity index (χ2v) is 2.91. The van der Waals surface area contributed by atoms with Crippen molar-refractivity contribution in [3.05, 3.63) is 24.2 Å². The fourth-order valence-corrected chi connectivity index (χ4v) is 1.31. The summed E-state index contributed by atoms with van der Waals surface area (Å²) in [6.45, 7) is 1.96. The summed E-state index contributed by atoms with van der Waals surface area (Å²) in [6.07, 6.45) is 1.10. The van der Waals surface area contributed by atoms with E-state index < -0.39 is 0 Å². The van der Waals surface area contributed by atoms with Crippen LogP contribution in [0.25, 0.3) is 0 Å². The highest BCUT2D eigenvalue weighted by molar-refractivity contribution is 5.97. The molecule has 1 aliphatic rings. The van der Waals surface area contributed by atoms with Gasteiger partial charge in [-0.15, -0.1) is 0 Å². The minimum atomic E-state index is -0.389. The molecule has 1 aromatic rings. The lowest BCUT2D eigenvalue weighted by atomic mass is 10.1. The van der Waals surface area contributed by atoms with Gasteiger partial charge in [-0.2, -0.15) is 0 Å². The molecule has 13 heavy (non-hydrogen) atoms. The van der Waals surface area contributed by atoms with Gasteiger partial charge in [0.25, 0.3) is 0 Å². The van der Waals surface area contributed by atoms with E-state index in [1.165, 1.54) is 6.26 Å². The number of rotatable bonds is 2. The summed E-state index contributed by atoms with van der Waals surface area (Å²) in [7, 11) is 0. The van der Waals surface area contributed by atoms with Crippen LogP contribution in [-0.4, -0.2) is 31.6 Å². The predicted molar refractivity (Wildman–Crippen MR) is 45.6 cm³/mol. The van der Waals surface area contributed by atoms with Gasteiger partial charge in [0.1, 0.15) is 6.10 Å². The van der Waals surface area contributed by atoms with E-state index in [1.807, 2.05) is 0 Å². The van der Waals surface area contributed by atoms with E-state index in [0.29, 0.717) is 18.9 Å². The van der Waals surface area contributed by atoms with Crippen LogP contribution in [0, 0.1) is 0 Å². The molecule has 0 bridgehead atoms. The Kier molecular flexibility index (Phi) is 2.42. The number of morpholine rings is 1. The normalized spacial score (nSPS) is 22.9. The highest BCUT2D eigenvalue weighted by atomic mass is 16.5. The van der Waals surface area contributed by atoms with Crippen molar-refractivity contribution in [3.8, 4) is 0 Å². The van der Waals surface area contributed by atoms with Crippen LogP contribution < -0.4 is 5.32 Å². The zero-order valence-corrected chi connectivity index (χ0v) is 7.16. The van der Waals surface area contributed by atoms with Crippen molar-refractivity contribution in [2.45, 2.75) is 6.10 Å². The van der Waals surface area contributed by atoms with E-state index in [1.54, 1.807) is 12.1 Å². The molecular weight excluding hydrogens is 170 g/mol. The molecule has 1 atom stereocenters. The summed E-state index contributed by atoms with van der Waals surface area (Å²) in [5, 5.41) is 3.09. The lowest BCUT2D eigenvalue weighted by Crippen LogP contribution is -2.42. The topological polar surface area (TPSA) is 51.5 Å². The molecule has 0 saturated carbocycles. The first-order valence-corrected chi connectivity index (χ1v) is 4.28. The van der Waals surface area contributed by atoms with Gasteiger partial charge in [0.2, 0.25) is 5.78 Å². The van der Waals surface area contributed by atoms with Crippen molar-refractivity contribution in [2.24, 2.45) is 0 Å². The average molecular weight is 181 g/mol. The van der Waals surface area contributed by atoms with E-state index in [2.05, 4.69) is 5.32 Å². The molecule has 0 spiro atoms. The third-order valence-corrected chi connectivity index (χ3v) is 1.98. The van der Waals surface area contributed by atoms with Gasteiger partial charge < -0.3 is 14.5 Å². The SMILES string of the molecule is O=C(c1ccco1)C1CNCCO1. The molecule has 1 aliphatic heterocycles. The summed E-state index contributed by atoms with van der Waals surface area (Å²) in [5.41, 5.74) is 0. The number of ketones is 1. The van der Waals surface area contributed by atoms with Gasteiger partial charge in [-0.25, -0.2) is 0 Å². The molecule has 2 rings (SSSR count). The minimum Gasteiger partial charge on any atom is -0.461 e. The first-order valence-electron chi connectivity index (χ1n) is 4.28. The molecule has 4 nitrogen and oxygen atoms in total. The zero-order chi connectivity index (χ0) is 9.10. The molecule has 0 aromatic carbocycles. The minimum absolute atomic E-state index is 0.0859. The highest BCUT2D eigenvalue weighted by Gasteiger charge is 2.24. The summed E-state index contributed by atoms with van der Waals surface area (Å²) in [6, 6.07) is 3.35. The maximum atomic E-state index is 11.6. The first kappa shape index (κ1) is 8.47. The van der Waals surface area contributed by atoms with Crippen LogP contribution in [0.2, 0.25) is 0 Å². The van der Waals surface area contributed by atoms with Crippen LogP contribution in [0.3, 0.4) is 0 Å². The second-order valence-electron chi connectivity index (χ2n) is 2.91. The second kappa shape index (κ2) is 3.72. The summed E-state index contributed by atoms with van der Waals surface area (Å²) < 4.78 is 10.3. The molecule has 0 aliphatic carbocycles. The molecule has 70 valence electrons. The van der Waals surface area contributed by atoms with Crippen molar-refractivity contribution in [1.82, 2.24) is 5.32 Å². The third-order valence-electron chi connectivity index (χ3n) is 1.98. The summed E-state index contributed by atoms with van der Waals surface area (Å²) in [4.78, 5) is 11.6. The van der Waals surface area contributed by atoms with Gasteiger partial charge in [-0.3, -0.25) is 4.79 Å². The average Bonchev–Trinajstić information content (AvgIpc) is 2.71. The Morgan fingerprint density at radius 2 is 2.54 bits per heavy atom. The maximum Gasteiger partial charge on any atom is 0.227 e. The quantitative estimate of drug-likeness (QED) is 0.673. The zero-order valence-electron chi connectivity index (χ0n) is 7.16. The number of Topliss-reactive ketones (excluding diaryl/α,β-unsaturated/α-hetero) is 1. The molecule has 1 saturated heterocycles. The van der Waals surface area contributed by atoms with Crippen LogP contribution >= 0.6 is 0 Å². The molecule has 1 unspecified atom stereocenters. The fourth-order valence-electron chi connectivity index (χ4n) is 1.31. The number of ether oxygens (including phenoxy) is 1. The van der Waals surface area contributed by atoms with Gasteiger partial charge in [-0.1, -0.05) is 0 Å². The Balaban J connectivity index is 2.04. The number of furan rings is 1. The smallest absolute Gasteiger partial charge is 0.227 e. The molecule has 2 heterocycles. The van der Waals surface area contributed by atoms with Crippen LogP contribution in [-0.2, 0) is 4.74 Å². The first-order chi connectivity index (χ1) is 6.38. The van der Waals surface area contributed by atoms with Gasteiger partial charge in [0.05, 0.1) is 12.9 Å². The predicted octanol–water partition coefficient (Wildman–Crippen LogP) is 0.451. The highest BCUT2D eigenvalue weighted by Crippen LogP contribution is 2.08. The largest absolute Gasteiger partial charge is 0.461 e. The lowest BCUT2D eigenvalue weighted by molar-refractivity contribution is 0.0249. The maximum absolute atomic E-state index is 11.6. The molecule has 0 amide bonds. The third kappa shape index (κ3) is 1.79. The molecular formula is C9H11NO3. The number of nitrogens with one attached hydrogen (secondary N) is 1. The van der Waals surface area contributed by atoms with Crippen molar-refractivity contribution in [1.29, 1.82) is 0 Å². The van der Waals surface area contributed by atoms with Crippen LogP contribution in [0.15, 0.2) is 22.8 Å². The van der Waals surface area contributed by atoms with Gasteiger partial charge in [-0.05, 0) is 12.1 Å². The van der Waals surface area contributed by atoms with Gasteiger partial charge >= 0.3 is 0 Å². The Morgan fingerprint density at radius 3 is 3.15 bits per heavy atom. The Labute approximate surface area is 75.9 Å². The Morgan fingerprint density at radius 1 is 1.62 bits per heavy atom. The number of carbonyl (C=O) groups is 1. The van der Waals surface area contributed by atoms with Crippen molar-refractivity contribution < 1.29 is 13.9 Å². The number of hydrogen-bond donors (Lipinski definition) is 1. The summed E-state index contributed by atoms with van der Waals surface area (Å²) >= 11 is 0. The molecule has 1 fully saturated rings. The molecule has 0 radical (unpaired) electrons. The number of hydrogen-bond acceptors (Lipinski definition) is 4. The van der Waals surface area contributed by atoms with E-state index >= 15 is 0 Å². The van der Waals surface area contributed by atoms with Gasteiger partial charge in [0.15, 0.2) is 5.76 Å². The summed E-state index contributed by atoms with van der Waals surface area (Å²) in [5.74, 6) is 0.283. The standard InChI is InChI=1S/C9H11NO3/c11-9(7-2-1-4-12-7)8-6-10-3-5-13-8/h1-2,4,8,10H,3,5-6H2. The lowest BCUT2D eigenvalue weighted by Gasteiger charge is -2.21. The number of carbonyl (C=O) groups excluding carboxylic acids is 1. The van der Waals surface area contributed by atoms with Crippen LogP contribution in [0.5, 0.6) is 0 Å². The Hall–Kier alpha value is -1.13. The Bertz CT molecular complexity index is 275. The van der Waals surface area contributed by atoms with E-state index in [9.17, 15) is 4.79 Å². The molecule has 4 heteroatoms. The van der Waals surface area contributed by atoms with Crippen LogP contribution in [0.1, 0.15) is 10.6 Å².